The summed E-state index contributed by atoms with van der Waals surface area (Å²) in [7, 11) is 0. The average molecular weight is 324 g/mol. The van der Waals surface area contributed by atoms with E-state index in [-0.39, 0.29) is 5.91 Å². The van der Waals surface area contributed by atoms with Crippen LogP contribution >= 0.6 is 15.9 Å². The van der Waals surface area contributed by atoms with Gasteiger partial charge in [0.15, 0.2) is 0 Å². The third kappa shape index (κ3) is 2.42. The van der Waals surface area contributed by atoms with Gasteiger partial charge in [0.2, 0.25) is 0 Å². The number of aryl methyl sites for hydroxylation is 1. The molecule has 7 heteroatoms. The Balaban J connectivity index is 1.64. The lowest BCUT2D eigenvalue weighted by Crippen LogP contribution is -2.28. The highest BCUT2D eigenvalue weighted by molar-refractivity contribution is 9.10. The van der Waals surface area contributed by atoms with Gasteiger partial charge in [-0.2, -0.15) is 5.10 Å². The second-order valence-electron chi connectivity index (χ2n) is 4.51. The predicted octanol–water partition coefficient (Wildman–Crippen LogP) is 1.29. The summed E-state index contributed by atoms with van der Waals surface area (Å²) in [5.41, 5.74) is 1.65. The molecule has 2 aromatic heterocycles. The van der Waals surface area contributed by atoms with Crippen LogP contribution in [-0.4, -0.2) is 32.2 Å². The molecule has 3 heterocycles. The van der Waals surface area contributed by atoms with Crippen molar-refractivity contribution >= 4 is 21.8 Å². The predicted molar refractivity (Wildman–Crippen MR) is 72.9 cm³/mol. The minimum absolute atomic E-state index is 0.0768. The Labute approximate surface area is 118 Å². The molecule has 0 spiro atoms. The number of hydrogen-bond donors (Lipinski definition) is 2. The van der Waals surface area contributed by atoms with Crippen LogP contribution in [0.2, 0.25) is 0 Å². The molecular formula is C12H14BrN5O. The first-order valence-corrected chi connectivity index (χ1v) is 7.06. The Bertz CT molecular complexity index is 590. The second kappa shape index (κ2) is 5.16. The van der Waals surface area contributed by atoms with Gasteiger partial charge in [-0.3, -0.25) is 9.89 Å². The zero-order valence-electron chi connectivity index (χ0n) is 10.3. The molecule has 1 aliphatic heterocycles. The number of fused-ring (bicyclic) bond motifs is 1. The van der Waals surface area contributed by atoms with Gasteiger partial charge in [0.1, 0.15) is 16.1 Å². The maximum Gasteiger partial charge on any atom is 0.270 e. The molecule has 0 bridgehead atoms. The molecule has 0 radical (unpaired) electrons. The van der Waals surface area contributed by atoms with Crippen LogP contribution in [0.25, 0.3) is 0 Å². The summed E-state index contributed by atoms with van der Waals surface area (Å²) >= 11 is 3.36. The van der Waals surface area contributed by atoms with Gasteiger partial charge in [0.25, 0.3) is 5.91 Å². The lowest BCUT2D eigenvalue weighted by molar-refractivity contribution is 0.0944. The van der Waals surface area contributed by atoms with Gasteiger partial charge >= 0.3 is 0 Å². The Morgan fingerprint density at radius 1 is 1.58 bits per heavy atom. The van der Waals surface area contributed by atoms with Gasteiger partial charge in [-0.05, 0) is 28.4 Å². The van der Waals surface area contributed by atoms with Crippen molar-refractivity contribution in [2.45, 2.75) is 25.8 Å². The fourth-order valence-electron chi connectivity index (χ4n) is 2.33. The monoisotopic (exact) mass is 323 g/mol. The first-order chi connectivity index (χ1) is 9.25. The summed E-state index contributed by atoms with van der Waals surface area (Å²) in [6.45, 7) is 1.45. The molecule has 3 rings (SSSR count). The van der Waals surface area contributed by atoms with E-state index < -0.39 is 0 Å². The molecule has 0 fully saturated rings. The molecule has 1 amide bonds. The van der Waals surface area contributed by atoms with Crippen LogP contribution in [0, 0.1) is 0 Å². The van der Waals surface area contributed by atoms with Crippen molar-refractivity contribution in [3.05, 3.63) is 34.1 Å². The number of amides is 1. The van der Waals surface area contributed by atoms with E-state index in [1.54, 1.807) is 6.20 Å². The number of carbonyl (C=O) groups excluding carboxylic acids is 1. The van der Waals surface area contributed by atoms with Gasteiger partial charge in [0.05, 0.1) is 0 Å². The smallest absolute Gasteiger partial charge is 0.270 e. The quantitative estimate of drug-likeness (QED) is 0.890. The van der Waals surface area contributed by atoms with E-state index in [9.17, 15) is 4.79 Å². The van der Waals surface area contributed by atoms with Crippen molar-refractivity contribution in [3.8, 4) is 0 Å². The van der Waals surface area contributed by atoms with Crippen molar-refractivity contribution in [2.75, 3.05) is 6.54 Å². The lowest BCUT2D eigenvalue weighted by atomic mass is 10.3. The summed E-state index contributed by atoms with van der Waals surface area (Å²) in [6.07, 6.45) is 4.45. The largest absolute Gasteiger partial charge is 0.350 e. The van der Waals surface area contributed by atoms with Crippen molar-refractivity contribution < 1.29 is 4.79 Å². The standard InChI is InChI=1S/C12H14BrN5O/c13-11-10(18-7-1-2-9(18)16-11)12(19)14-5-3-8-4-6-15-17-8/h4,6H,1-3,5,7H2,(H,14,19)(H,15,17). The zero-order valence-corrected chi connectivity index (χ0v) is 11.9. The van der Waals surface area contributed by atoms with Crippen molar-refractivity contribution in [3.63, 3.8) is 0 Å². The van der Waals surface area contributed by atoms with Crippen molar-refractivity contribution in [1.29, 1.82) is 0 Å². The average Bonchev–Trinajstić information content (AvgIpc) is 3.05. The number of hydrogen-bond acceptors (Lipinski definition) is 3. The number of imidazole rings is 1. The number of aromatic nitrogens is 4. The second-order valence-corrected chi connectivity index (χ2v) is 5.26. The summed E-state index contributed by atoms with van der Waals surface area (Å²) in [5.74, 6) is 0.914. The van der Waals surface area contributed by atoms with Crippen LogP contribution in [0.5, 0.6) is 0 Å². The first-order valence-electron chi connectivity index (χ1n) is 6.27. The number of nitrogens with one attached hydrogen (secondary N) is 2. The molecule has 6 nitrogen and oxygen atoms in total. The fourth-order valence-corrected chi connectivity index (χ4v) is 2.93. The van der Waals surface area contributed by atoms with Crippen LogP contribution in [0.3, 0.4) is 0 Å². The zero-order chi connectivity index (χ0) is 13.2. The number of rotatable bonds is 4. The highest BCUT2D eigenvalue weighted by Gasteiger charge is 2.24. The van der Waals surface area contributed by atoms with E-state index in [1.807, 2.05) is 10.6 Å². The molecule has 0 saturated carbocycles. The topological polar surface area (TPSA) is 75.6 Å². The summed E-state index contributed by atoms with van der Waals surface area (Å²) in [6, 6.07) is 1.90. The highest BCUT2D eigenvalue weighted by atomic mass is 79.9. The van der Waals surface area contributed by atoms with Crippen molar-refractivity contribution in [1.82, 2.24) is 25.1 Å². The van der Waals surface area contributed by atoms with Gasteiger partial charge in [-0.15, -0.1) is 0 Å². The van der Waals surface area contributed by atoms with Crippen LogP contribution < -0.4 is 5.32 Å². The number of carbonyl (C=O) groups is 1. The Morgan fingerprint density at radius 2 is 2.47 bits per heavy atom. The molecule has 2 aromatic rings. The minimum atomic E-state index is -0.0768. The third-order valence-corrected chi connectivity index (χ3v) is 3.79. The first kappa shape index (κ1) is 12.4. The number of halogens is 1. The molecule has 0 atom stereocenters. The SMILES string of the molecule is O=C(NCCc1ccn[nH]1)c1c(Br)nc2n1CCC2. The maximum atomic E-state index is 12.2. The van der Waals surface area contributed by atoms with Crippen LogP contribution in [0.4, 0.5) is 0 Å². The lowest BCUT2D eigenvalue weighted by Gasteiger charge is -2.06. The maximum absolute atomic E-state index is 12.2. The Kier molecular flexibility index (Phi) is 3.37. The van der Waals surface area contributed by atoms with E-state index >= 15 is 0 Å². The molecule has 19 heavy (non-hydrogen) atoms. The minimum Gasteiger partial charge on any atom is -0.350 e. The third-order valence-electron chi connectivity index (χ3n) is 3.24. The molecule has 0 aliphatic carbocycles. The Hall–Kier alpha value is -1.63. The van der Waals surface area contributed by atoms with Crippen LogP contribution in [-0.2, 0) is 19.4 Å². The molecule has 100 valence electrons. The number of nitrogens with zero attached hydrogens (tertiary/aromatic N) is 3. The van der Waals surface area contributed by atoms with Gasteiger partial charge in [-0.1, -0.05) is 0 Å². The van der Waals surface area contributed by atoms with E-state index in [2.05, 4.69) is 36.4 Å². The molecular weight excluding hydrogens is 310 g/mol. The van der Waals surface area contributed by atoms with E-state index in [1.165, 1.54) is 0 Å². The summed E-state index contributed by atoms with van der Waals surface area (Å²) < 4.78 is 2.64. The van der Waals surface area contributed by atoms with Crippen molar-refractivity contribution in [2.24, 2.45) is 0 Å². The molecule has 2 N–H and O–H groups in total. The van der Waals surface area contributed by atoms with Gasteiger partial charge in [0, 0.05) is 37.8 Å². The highest BCUT2D eigenvalue weighted by Crippen LogP contribution is 2.23. The molecule has 0 saturated heterocycles. The van der Waals surface area contributed by atoms with Gasteiger partial charge in [-0.25, -0.2) is 4.98 Å². The number of aromatic amines is 1. The molecule has 1 aliphatic rings. The van der Waals surface area contributed by atoms with E-state index in [4.69, 9.17) is 0 Å². The van der Waals surface area contributed by atoms with E-state index in [0.717, 1.165) is 37.3 Å². The fraction of sp³-hybridized carbons (Fsp3) is 0.417. The van der Waals surface area contributed by atoms with E-state index in [0.29, 0.717) is 16.8 Å². The molecule has 0 unspecified atom stereocenters. The van der Waals surface area contributed by atoms with Gasteiger partial charge < -0.3 is 9.88 Å². The molecule has 0 aromatic carbocycles. The van der Waals surface area contributed by atoms with Crippen LogP contribution in [0.1, 0.15) is 28.4 Å². The van der Waals surface area contributed by atoms with Crippen LogP contribution in [0.15, 0.2) is 16.9 Å². The summed E-state index contributed by atoms with van der Waals surface area (Å²) in [5, 5.41) is 9.66. The number of H-pyrrole nitrogens is 1. The Morgan fingerprint density at radius 3 is 3.26 bits per heavy atom. The normalized spacial score (nSPS) is 13.5. The summed E-state index contributed by atoms with van der Waals surface area (Å²) in [4.78, 5) is 16.6.